The highest BCUT2D eigenvalue weighted by molar-refractivity contribution is 7.47. The van der Waals surface area contributed by atoms with Crippen LogP contribution in [0.5, 0.6) is 0 Å². The topological polar surface area (TPSA) is 237 Å². The Balaban J connectivity index is 5.49. The van der Waals surface area contributed by atoms with Crippen LogP contribution in [0.15, 0.2) is 182 Å². The molecule has 0 bridgehead atoms. The van der Waals surface area contributed by atoms with Gasteiger partial charge >= 0.3 is 39.5 Å². The van der Waals surface area contributed by atoms with E-state index in [0.29, 0.717) is 32.1 Å². The van der Waals surface area contributed by atoms with Gasteiger partial charge in [0.05, 0.1) is 26.4 Å². The molecule has 624 valence electrons. The van der Waals surface area contributed by atoms with E-state index >= 15 is 0 Å². The van der Waals surface area contributed by atoms with Gasteiger partial charge in [-0.2, -0.15) is 0 Å². The molecule has 0 spiro atoms. The van der Waals surface area contributed by atoms with E-state index in [1.807, 2.05) is 18.2 Å². The number of unbranched alkanes of at least 4 members (excludes halogenated alkanes) is 21. The molecule has 17 nitrogen and oxygen atoms in total. The number of phosphoric ester groups is 2. The lowest BCUT2D eigenvalue weighted by molar-refractivity contribution is -0.161. The minimum absolute atomic E-state index is 0.0213. The molecule has 0 aliphatic heterocycles. The molecule has 3 N–H and O–H groups in total. The molecule has 0 aromatic rings. The molecule has 0 rings (SSSR count). The van der Waals surface area contributed by atoms with Gasteiger partial charge in [-0.05, 0) is 173 Å². The van der Waals surface area contributed by atoms with Crippen LogP contribution in [0, 0.1) is 0 Å². The van der Waals surface area contributed by atoms with Crippen LogP contribution in [-0.4, -0.2) is 96.7 Å². The largest absolute Gasteiger partial charge is 0.472 e. The number of allylic oxidation sites excluding steroid dienone is 30. The molecule has 0 aliphatic rings. The number of carbonyl (C=O) groups excluding carboxylic acids is 4. The summed E-state index contributed by atoms with van der Waals surface area (Å²) in [5.74, 6) is -2.34. The average Bonchev–Trinajstić information content (AvgIpc) is 0.900. The van der Waals surface area contributed by atoms with Crippen molar-refractivity contribution in [2.24, 2.45) is 0 Å². The smallest absolute Gasteiger partial charge is 0.462 e. The van der Waals surface area contributed by atoms with Crippen LogP contribution in [0.4, 0.5) is 0 Å². The predicted molar refractivity (Wildman–Crippen MR) is 454 cm³/mol. The molecule has 0 aromatic carbocycles. The second-order valence-electron chi connectivity index (χ2n) is 27.3. The zero-order chi connectivity index (χ0) is 80.3. The van der Waals surface area contributed by atoms with Gasteiger partial charge in [0.1, 0.15) is 19.3 Å². The molecule has 0 heterocycles. The lowest BCUT2D eigenvalue weighted by atomic mass is 10.1. The highest BCUT2D eigenvalue weighted by atomic mass is 31.2. The maximum atomic E-state index is 13.1. The van der Waals surface area contributed by atoms with Crippen LogP contribution in [0.2, 0.25) is 0 Å². The highest BCUT2D eigenvalue weighted by Crippen LogP contribution is 2.45. The fraction of sp³-hybridized carbons (Fsp3) is 0.626. The van der Waals surface area contributed by atoms with Gasteiger partial charge in [0.25, 0.3) is 0 Å². The van der Waals surface area contributed by atoms with E-state index in [0.717, 1.165) is 180 Å². The maximum absolute atomic E-state index is 13.1. The number of hydrogen-bond donors (Lipinski definition) is 3. The Morgan fingerprint density at radius 1 is 0.264 bits per heavy atom. The zero-order valence-corrected chi connectivity index (χ0v) is 70.1. The molecular formula is C91H148O17P2. The summed E-state index contributed by atoms with van der Waals surface area (Å²) in [5.41, 5.74) is 0. The van der Waals surface area contributed by atoms with Gasteiger partial charge in [-0.25, -0.2) is 9.13 Å². The second-order valence-corrected chi connectivity index (χ2v) is 30.2. The molecular weight excluding hydrogens is 1430 g/mol. The standard InChI is InChI=1S/C91H148O17P2/c1-5-9-13-17-21-25-29-33-36-39-42-45-48-52-55-59-63-67-71-75-88(93)101-81-86(107-90(95)77-73-69-65-61-57-51-32-28-24-20-16-12-8-4)83-105-109(97,98)103-79-85(92)80-104-110(99,100)106-84-87(108-91(96)78-74-70-66-62-58-54-50-47-44-41-38-35-31-27-23-19-15-11-7-3)82-102-89(94)76-72-68-64-60-56-53-49-46-43-40-37-34-30-26-22-18-14-10-6-2/h10-11,14-15,21-23,25-28,32-38,42-47,53-54,56,58,64,68,85-87,92H,5-9,12-13,16-20,24,29-31,39-41,48-52,55,57,59-63,65-67,69-84H2,1-4H3,(H,97,98)(H,99,100)/b14-10-,15-11-,25-21-,26-22-,27-23-,32-28-,36-33-,37-34-,38-35-,45-42-,46-43-,47-44-,56-53-,58-54-,68-64-. The lowest BCUT2D eigenvalue weighted by Crippen LogP contribution is -2.30. The van der Waals surface area contributed by atoms with Gasteiger partial charge < -0.3 is 33.8 Å². The van der Waals surface area contributed by atoms with Crippen molar-refractivity contribution in [1.82, 2.24) is 0 Å². The molecule has 0 aromatic heterocycles. The summed E-state index contributed by atoms with van der Waals surface area (Å²) in [5, 5.41) is 10.7. The summed E-state index contributed by atoms with van der Waals surface area (Å²) in [7, 11) is -10.0. The van der Waals surface area contributed by atoms with Gasteiger partial charge in [-0.3, -0.25) is 37.3 Å². The maximum Gasteiger partial charge on any atom is 0.472 e. The summed E-state index contributed by atoms with van der Waals surface area (Å²) >= 11 is 0. The quantitative estimate of drug-likeness (QED) is 0.0169. The average molecular weight is 1580 g/mol. The Bertz CT molecular complexity index is 2800. The van der Waals surface area contributed by atoms with Gasteiger partial charge in [-0.1, -0.05) is 293 Å². The van der Waals surface area contributed by atoms with Gasteiger partial charge in [0.2, 0.25) is 0 Å². The van der Waals surface area contributed by atoms with Crippen molar-refractivity contribution < 1.29 is 80.2 Å². The first kappa shape index (κ1) is 104. The molecule has 5 atom stereocenters. The molecule has 5 unspecified atom stereocenters. The minimum atomic E-state index is -5.02. The van der Waals surface area contributed by atoms with Crippen LogP contribution in [0.3, 0.4) is 0 Å². The van der Waals surface area contributed by atoms with Crippen LogP contribution in [0.1, 0.15) is 310 Å². The number of phosphoric acid groups is 2. The Hall–Kier alpha value is -5.84. The van der Waals surface area contributed by atoms with E-state index < -0.39 is 97.5 Å². The van der Waals surface area contributed by atoms with Crippen molar-refractivity contribution in [3.8, 4) is 0 Å². The number of hydrogen-bond acceptors (Lipinski definition) is 15. The lowest BCUT2D eigenvalue weighted by Gasteiger charge is -2.21. The first-order chi connectivity index (χ1) is 53.7. The van der Waals surface area contributed by atoms with Gasteiger partial charge in [0, 0.05) is 25.7 Å². The number of esters is 4. The first-order valence-electron chi connectivity index (χ1n) is 42.0. The van der Waals surface area contributed by atoms with E-state index in [-0.39, 0.29) is 25.7 Å². The summed E-state index contributed by atoms with van der Waals surface area (Å²) in [6, 6.07) is 0. The van der Waals surface area contributed by atoms with Gasteiger partial charge in [-0.15, -0.1) is 0 Å². The molecule has 19 heteroatoms. The molecule has 0 amide bonds. The normalized spacial score (nSPS) is 14.7. The van der Waals surface area contributed by atoms with Crippen LogP contribution < -0.4 is 0 Å². The third-order valence-corrected chi connectivity index (χ3v) is 18.7. The van der Waals surface area contributed by atoms with E-state index in [1.54, 1.807) is 0 Å². The molecule has 110 heavy (non-hydrogen) atoms. The summed E-state index contributed by atoms with van der Waals surface area (Å²) in [4.78, 5) is 73.2. The van der Waals surface area contributed by atoms with Crippen molar-refractivity contribution in [2.75, 3.05) is 39.6 Å². The SMILES string of the molecule is CC/C=C\C/C=C\C/C=C\C/C=C\C/C=C\C/C=C\CCC(=O)OCC(COP(=O)(O)OCC(O)COP(=O)(O)OCC(COC(=O)CCCCCCCC/C=C\C/C=C\C/C=C\CCCCC)OC(=O)CCCCCCC/C=C\CCCCCC)OC(=O)CCCCC/C=C\C/C=C\C/C=C\C/C=C\C/C=C\CC. The fourth-order valence-corrected chi connectivity index (χ4v) is 12.1. The monoisotopic (exact) mass is 1580 g/mol. The number of aliphatic hydroxyl groups is 1. The summed E-state index contributed by atoms with van der Waals surface area (Å²) < 4.78 is 68.6. The van der Waals surface area contributed by atoms with E-state index in [4.69, 9.17) is 37.0 Å². The second kappa shape index (κ2) is 81.2. The molecule has 0 fully saturated rings. The Morgan fingerprint density at radius 3 is 0.818 bits per heavy atom. The van der Waals surface area contributed by atoms with Crippen LogP contribution >= 0.6 is 15.6 Å². The van der Waals surface area contributed by atoms with Crippen LogP contribution in [-0.2, 0) is 65.4 Å². The Kier molecular flexibility index (Phi) is 76.9. The third kappa shape index (κ3) is 80.2. The van der Waals surface area contributed by atoms with Crippen molar-refractivity contribution in [3.05, 3.63) is 182 Å². The van der Waals surface area contributed by atoms with Gasteiger partial charge in [0.15, 0.2) is 12.2 Å². The highest BCUT2D eigenvalue weighted by Gasteiger charge is 2.30. The Morgan fingerprint density at radius 2 is 0.491 bits per heavy atom. The van der Waals surface area contributed by atoms with E-state index in [1.165, 1.54) is 44.9 Å². The zero-order valence-electron chi connectivity index (χ0n) is 68.4. The third-order valence-electron chi connectivity index (χ3n) is 16.8. The number of carbonyl (C=O) groups is 4. The van der Waals surface area contributed by atoms with Crippen molar-refractivity contribution in [3.63, 3.8) is 0 Å². The Labute approximate surface area is 666 Å². The summed E-state index contributed by atoms with van der Waals surface area (Å²) in [6.07, 6.45) is 98.7. The predicted octanol–water partition coefficient (Wildman–Crippen LogP) is 25.1. The van der Waals surface area contributed by atoms with E-state index in [9.17, 15) is 43.2 Å². The van der Waals surface area contributed by atoms with Crippen molar-refractivity contribution in [2.45, 2.75) is 329 Å². The van der Waals surface area contributed by atoms with Crippen LogP contribution in [0.25, 0.3) is 0 Å². The number of aliphatic hydroxyl groups excluding tert-OH is 1. The van der Waals surface area contributed by atoms with Crippen molar-refractivity contribution >= 4 is 39.5 Å². The molecule has 0 aliphatic carbocycles. The molecule has 0 radical (unpaired) electrons. The molecule has 0 saturated heterocycles. The minimum Gasteiger partial charge on any atom is -0.462 e. The molecule has 0 saturated carbocycles. The number of ether oxygens (including phenoxy) is 4. The first-order valence-corrected chi connectivity index (χ1v) is 45.0. The van der Waals surface area contributed by atoms with E-state index in [2.05, 4.69) is 192 Å². The fourth-order valence-electron chi connectivity index (χ4n) is 10.5. The van der Waals surface area contributed by atoms with Crippen molar-refractivity contribution in [1.29, 1.82) is 0 Å². The summed E-state index contributed by atoms with van der Waals surface area (Å²) in [6.45, 7) is 4.46. The number of rotatable bonds is 77.